The molecular weight excluding hydrogens is 143 g/mol. The molecule has 64 valence electrons. The fourth-order valence-electron chi connectivity index (χ4n) is 1.39. The quantitative estimate of drug-likeness (QED) is 0.395. The summed E-state index contributed by atoms with van der Waals surface area (Å²) in [6, 6.07) is 0. The first kappa shape index (κ1) is 12.1. The molecule has 0 aromatic heterocycles. The van der Waals surface area contributed by atoms with E-state index in [0.29, 0.717) is 5.92 Å². The van der Waals surface area contributed by atoms with Gasteiger partial charge in [-0.3, -0.25) is 0 Å². The molecule has 0 saturated heterocycles. The molecule has 0 fully saturated rings. The molecule has 0 aliphatic heterocycles. The third-order valence-corrected chi connectivity index (χ3v) is 2.02. The molecule has 0 saturated carbocycles. The number of hydrogen-bond donors (Lipinski definition) is 0. The van der Waals surface area contributed by atoms with Crippen molar-refractivity contribution in [2.45, 2.75) is 26.2 Å². The van der Waals surface area contributed by atoms with E-state index in [9.17, 15) is 0 Å². The van der Waals surface area contributed by atoms with Gasteiger partial charge in [-0.25, -0.2) is 0 Å². The summed E-state index contributed by atoms with van der Waals surface area (Å²) >= 11 is 0. The van der Waals surface area contributed by atoms with Gasteiger partial charge in [-0.15, -0.1) is 6.08 Å². The average molecular weight is 160 g/mol. The van der Waals surface area contributed by atoms with Crippen molar-refractivity contribution in [3.8, 4) is 0 Å². The van der Waals surface area contributed by atoms with Gasteiger partial charge in [0, 0.05) is 0 Å². The minimum atomic E-state index is 0. The maximum Gasteiger partial charge on any atom is 1.00 e. The first-order chi connectivity index (χ1) is 5.20. The molecule has 1 atom stereocenters. The van der Waals surface area contributed by atoms with Crippen LogP contribution in [0, 0.1) is 5.92 Å². The first-order valence-electron chi connectivity index (χ1n) is 4.29. The Morgan fingerprint density at radius 3 is 2.67 bits per heavy atom. The minimum Gasteiger partial charge on any atom is -0.624 e. The van der Waals surface area contributed by atoms with E-state index >= 15 is 0 Å². The normalized spacial score (nSPS) is 23.0. The summed E-state index contributed by atoms with van der Waals surface area (Å²) in [5, 5.41) is 1.88. The molecule has 3 heteroatoms. The predicted molar refractivity (Wildman–Crippen MR) is 48.1 cm³/mol. The van der Waals surface area contributed by atoms with Crippen molar-refractivity contribution in [2.75, 3.05) is 14.1 Å². The van der Waals surface area contributed by atoms with Crippen LogP contribution >= 0.6 is 0 Å². The van der Waals surface area contributed by atoms with Gasteiger partial charge in [-0.2, -0.15) is 5.70 Å². The zero-order chi connectivity index (χ0) is 8.27. The predicted octanol–water partition coefficient (Wildman–Crippen LogP) is -0.455. The summed E-state index contributed by atoms with van der Waals surface area (Å²) in [4.78, 5) is 0. The van der Waals surface area contributed by atoms with Crippen molar-refractivity contribution >= 4 is 0 Å². The van der Waals surface area contributed by atoms with Crippen molar-refractivity contribution in [1.82, 2.24) is 5.01 Å². The summed E-state index contributed by atoms with van der Waals surface area (Å²) < 4.78 is 0. The molecule has 1 rings (SSSR count). The van der Waals surface area contributed by atoms with E-state index in [0.717, 1.165) is 0 Å². The largest absolute Gasteiger partial charge is 1.00 e. The summed E-state index contributed by atoms with van der Waals surface area (Å²) in [5.41, 5.74) is 5.68. The van der Waals surface area contributed by atoms with E-state index < -0.39 is 0 Å². The summed E-state index contributed by atoms with van der Waals surface area (Å²) in [6.45, 7) is 2.25. The Balaban J connectivity index is 0.00000121. The van der Waals surface area contributed by atoms with Crippen molar-refractivity contribution in [3.05, 3.63) is 17.2 Å². The van der Waals surface area contributed by atoms with Crippen LogP contribution < -0.4 is 18.9 Å². The summed E-state index contributed by atoms with van der Waals surface area (Å²) in [6.07, 6.45) is 6.09. The summed E-state index contributed by atoms with van der Waals surface area (Å²) in [7, 11) is 3.95. The topological polar surface area (TPSA) is 17.3 Å². The van der Waals surface area contributed by atoms with E-state index in [2.05, 4.69) is 18.4 Å². The Labute approximate surface area is 87.5 Å². The van der Waals surface area contributed by atoms with Crippen molar-refractivity contribution in [1.29, 1.82) is 0 Å². The molecule has 0 amide bonds. The Kier molecular flexibility index (Phi) is 5.74. The molecule has 2 nitrogen and oxygen atoms in total. The molecular formula is C9H17LiN2. The van der Waals surface area contributed by atoms with Crippen LogP contribution in [0.2, 0.25) is 0 Å². The van der Waals surface area contributed by atoms with E-state index in [1.54, 1.807) is 0 Å². The van der Waals surface area contributed by atoms with Crippen molar-refractivity contribution < 1.29 is 18.9 Å². The Bertz CT molecular complexity index is 155. The standard InChI is InChI=1S/C9H17N2.Li/c1-8-6-4-5-7-9(8)10-11(2)3;/h7-8H,4-6H2,1-3H3;/q-1;+1. The van der Waals surface area contributed by atoms with Gasteiger partial charge in [0.1, 0.15) is 0 Å². The van der Waals surface area contributed by atoms with E-state index in [1.807, 2.05) is 19.1 Å². The number of hydrogen-bond acceptors (Lipinski definition) is 1. The second kappa shape index (κ2) is 5.69. The zero-order valence-corrected chi connectivity index (χ0v) is 8.67. The van der Waals surface area contributed by atoms with Gasteiger partial charge >= 0.3 is 18.9 Å². The van der Waals surface area contributed by atoms with Crippen molar-refractivity contribution in [3.63, 3.8) is 0 Å². The molecule has 0 radical (unpaired) electrons. The maximum atomic E-state index is 4.41. The zero-order valence-electron chi connectivity index (χ0n) is 8.67. The van der Waals surface area contributed by atoms with Gasteiger partial charge in [-0.1, -0.05) is 6.92 Å². The maximum absolute atomic E-state index is 4.41. The van der Waals surface area contributed by atoms with Crippen LogP contribution in [0.3, 0.4) is 0 Å². The van der Waals surface area contributed by atoms with Crippen LogP contribution in [0.25, 0.3) is 5.43 Å². The fraction of sp³-hybridized carbons (Fsp3) is 0.778. The molecule has 12 heavy (non-hydrogen) atoms. The molecule has 0 bridgehead atoms. The van der Waals surface area contributed by atoms with E-state index in [1.165, 1.54) is 25.0 Å². The Morgan fingerprint density at radius 2 is 2.17 bits per heavy atom. The van der Waals surface area contributed by atoms with Gasteiger partial charge in [-0.05, 0) is 39.3 Å². The molecule has 1 aliphatic rings. The average Bonchev–Trinajstić information content (AvgIpc) is 1.93. The number of rotatable bonds is 2. The second-order valence-corrected chi connectivity index (χ2v) is 3.41. The smallest absolute Gasteiger partial charge is 0.624 e. The Hall–Kier alpha value is 0.0974. The molecule has 0 aromatic carbocycles. The molecule has 1 unspecified atom stereocenters. The van der Waals surface area contributed by atoms with Crippen LogP contribution in [0.4, 0.5) is 0 Å². The van der Waals surface area contributed by atoms with Gasteiger partial charge in [0.15, 0.2) is 0 Å². The van der Waals surface area contributed by atoms with Crippen LogP contribution in [-0.4, -0.2) is 19.1 Å². The monoisotopic (exact) mass is 160 g/mol. The molecule has 0 spiro atoms. The number of nitrogens with zero attached hydrogens (tertiary/aromatic N) is 2. The summed E-state index contributed by atoms with van der Waals surface area (Å²) in [5.74, 6) is 0.658. The first-order valence-corrected chi connectivity index (χ1v) is 4.29. The SMILES string of the molecule is CC1CCCC=C1[N-]N(C)C.[Li+]. The number of allylic oxidation sites excluding steroid dienone is 2. The molecule has 0 aromatic rings. The van der Waals surface area contributed by atoms with Gasteiger partial charge in [0.2, 0.25) is 0 Å². The molecule has 0 N–H and O–H groups in total. The third kappa shape index (κ3) is 3.67. The van der Waals surface area contributed by atoms with Gasteiger partial charge in [0.05, 0.1) is 0 Å². The molecule has 1 aliphatic carbocycles. The van der Waals surface area contributed by atoms with Crippen LogP contribution in [0.1, 0.15) is 26.2 Å². The van der Waals surface area contributed by atoms with Crippen LogP contribution in [0.5, 0.6) is 0 Å². The Morgan fingerprint density at radius 1 is 1.50 bits per heavy atom. The van der Waals surface area contributed by atoms with Gasteiger partial charge in [0.25, 0.3) is 0 Å². The van der Waals surface area contributed by atoms with Crippen LogP contribution in [-0.2, 0) is 0 Å². The second-order valence-electron chi connectivity index (χ2n) is 3.41. The minimum absolute atomic E-state index is 0. The third-order valence-electron chi connectivity index (χ3n) is 2.02. The van der Waals surface area contributed by atoms with E-state index in [-0.39, 0.29) is 18.9 Å². The van der Waals surface area contributed by atoms with E-state index in [4.69, 9.17) is 0 Å². The fourth-order valence-corrected chi connectivity index (χ4v) is 1.39. The van der Waals surface area contributed by atoms with Crippen molar-refractivity contribution in [2.24, 2.45) is 5.92 Å². The van der Waals surface area contributed by atoms with Gasteiger partial charge < -0.3 is 10.4 Å². The van der Waals surface area contributed by atoms with Crippen LogP contribution in [0.15, 0.2) is 11.8 Å². The molecule has 0 heterocycles.